The molecule has 0 aliphatic heterocycles. The van der Waals surface area contributed by atoms with E-state index in [1.165, 1.54) is 0 Å². The van der Waals surface area contributed by atoms with E-state index in [9.17, 15) is 4.79 Å². The van der Waals surface area contributed by atoms with Crippen molar-refractivity contribution >= 4 is 16.9 Å². The number of H-pyrrole nitrogens is 1. The molecule has 5 aromatic rings. The molecule has 0 saturated carbocycles. The summed E-state index contributed by atoms with van der Waals surface area (Å²) in [5, 5.41) is 7.79. The topological polar surface area (TPSA) is 124 Å². The van der Waals surface area contributed by atoms with Crippen molar-refractivity contribution in [2.45, 2.75) is 6.92 Å². The Morgan fingerprint density at radius 1 is 0.933 bits per heavy atom. The van der Waals surface area contributed by atoms with Crippen molar-refractivity contribution in [3.8, 4) is 34.0 Å². The number of nitrogens with two attached hydrogens (primary N) is 1. The van der Waals surface area contributed by atoms with Gasteiger partial charge in [0.2, 0.25) is 5.91 Å². The summed E-state index contributed by atoms with van der Waals surface area (Å²) in [6.45, 7) is 1.94. The number of rotatable bonds is 4. The van der Waals surface area contributed by atoms with Gasteiger partial charge in [-0.25, -0.2) is 9.61 Å². The number of hydrogen-bond acceptors (Lipinski definition) is 6. The van der Waals surface area contributed by atoms with Gasteiger partial charge in [-0.15, -0.1) is 0 Å². The van der Waals surface area contributed by atoms with Crippen LogP contribution in [0.4, 0.5) is 0 Å². The highest BCUT2D eigenvalue weighted by atomic mass is 16.6. The summed E-state index contributed by atoms with van der Waals surface area (Å²) in [7, 11) is 0. The van der Waals surface area contributed by atoms with Gasteiger partial charge in [0.1, 0.15) is 16.9 Å². The number of amides is 1. The van der Waals surface area contributed by atoms with E-state index in [1.54, 1.807) is 24.3 Å². The largest absolute Gasteiger partial charge is 0.366 e. The van der Waals surface area contributed by atoms with Crippen molar-refractivity contribution in [1.82, 2.24) is 25.3 Å². The van der Waals surface area contributed by atoms with E-state index < -0.39 is 5.91 Å². The number of primary amides is 1. The minimum absolute atomic E-state index is 0.440. The number of aromatic amines is 1. The van der Waals surface area contributed by atoms with Gasteiger partial charge >= 0.3 is 0 Å². The Morgan fingerprint density at radius 2 is 1.70 bits per heavy atom. The summed E-state index contributed by atoms with van der Waals surface area (Å²) in [5.41, 5.74) is 12.0. The first-order chi connectivity index (χ1) is 14.6. The highest BCUT2D eigenvalue weighted by molar-refractivity contribution is 5.93. The maximum Gasteiger partial charge on any atom is 0.248 e. The third-order valence-corrected chi connectivity index (χ3v) is 4.82. The molecule has 0 spiro atoms. The van der Waals surface area contributed by atoms with E-state index in [-0.39, 0.29) is 0 Å². The average Bonchev–Trinajstić information content (AvgIpc) is 3.40. The average molecular weight is 396 g/mol. The Morgan fingerprint density at radius 3 is 2.47 bits per heavy atom. The molecular weight excluding hydrogens is 380 g/mol. The first-order valence-corrected chi connectivity index (χ1v) is 9.25. The smallest absolute Gasteiger partial charge is 0.248 e. The number of aryl methyl sites for hydroxylation is 1. The molecule has 3 N–H and O–H groups in total. The molecule has 3 heterocycles. The Bertz CT molecular complexity index is 1380. The van der Waals surface area contributed by atoms with E-state index in [2.05, 4.69) is 20.3 Å². The number of imidazole rings is 1. The molecule has 0 unspecified atom stereocenters. The zero-order valence-electron chi connectivity index (χ0n) is 16.0. The molecule has 30 heavy (non-hydrogen) atoms. The van der Waals surface area contributed by atoms with Crippen LogP contribution in [0.15, 0.2) is 65.3 Å². The Hall–Kier alpha value is -4.33. The van der Waals surface area contributed by atoms with Gasteiger partial charge in [0.05, 0.1) is 17.1 Å². The normalized spacial score (nSPS) is 11.1. The van der Waals surface area contributed by atoms with Crippen LogP contribution >= 0.6 is 0 Å². The molecule has 0 radical (unpaired) electrons. The van der Waals surface area contributed by atoms with Crippen molar-refractivity contribution in [2.75, 3.05) is 0 Å². The van der Waals surface area contributed by atoms with Gasteiger partial charge in [0.25, 0.3) is 0 Å². The van der Waals surface area contributed by atoms with Crippen LogP contribution < -0.4 is 5.73 Å². The van der Waals surface area contributed by atoms with Crippen LogP contribution in [0, 0.1) is 6.92 Å². The van der Waals surface area contributed by atoms with E-state index in [4.69, 9.17) is 15.3 Å². The molecule has 8 nitrogen and oxygen atoms in total. The minimum Gasteiger partial charge on any atom is -0.366 e. The van der Waals surface area contributed by atoms with Crippen LogP contribution in [-0.2, 0) is 0 Å². The van der Waals surface area contributed by atoms with E-state index in [0.717, 1.165) is 33.9 Å². The molecule has 146 valence electrons. The second-order valence-corrected chi connectivity index (χ2v) is 6.88. The van der Waals surface area contributed by atoms with Gasteiger partial charge in [-0.1, -0.05) is 24.3 Å². The number of nitrogens with zero attached hydrogens (tertiary/aromatic N) is 4. The van der Waals surface area contributed by atoms with Gasteiger partial charge in [0.15, 0.2) is 0 Å². The van der Waals surface area contributed by atoms with Crippen LogP contribution in [0.5, 0.6) is 0 Å². The molecule has 0 saturated heterocycles. The van der Waals surface area contributed by atoms with Crippen molar-refractivity contribution in [3.05, 3.63) is 71.9 Å². The zero-order chi connectivity index (χ0) is 20.7. The second-order valence-electron chi connectivity index (χ2n) is 6.88. The Balaban J connectivity index is 1.68. The molecule has 3 aromatic heterocycles. The summed E-state index contributed by atoms with van der Waals surface area (Å²) >= 11 is 0. The van der Waals surface area contributed by atoms with Crippen molar-refractivity contribution in [3.63, 3.8) is 0 Å². The fourth-order valence-corrected chi connectivity index (χ4v) is 3.31. The van der Waals surface area contributed by atoms with Gasteiger partial charge in [-0.2, -0.15) is 0 Å². The summed E-state index contributed by atoms with van der Waals surface area (Å²) < 4.78 is 4.81. The van der Waals surface area contributed by atoms with Gasteiger partial charge in [-0.3, -0.25) is 9.78 Å². The first kappa shape index (κ1) is 17.7. The predicted octanol–water partition coefficient (Wildman–Crippen LogP) is 3.75. The molecule has 5 rings (SSSR count). The lowest BCUT2D eigenvalue weighted by Gasteiger charge is -2.03. The van der Waals surface area contributed by atoms with Gasteiger partial charge in [0, 0.05) is 22.4 Å². The number of nitrogens with one attached hydrogen (secondary N) is 1. The standard InChI is InChI=1S/C22H16N6O2/c1-12-3-2-4-17(24-12)20-19(15-9-10-16-18(11-15)28-30-27-16)25-22(26-20)14-7-5-13(6-8-14)21(23)29/h2-11H,1H3,(H2,23,29)(H,25,26). The van der Waals surface area contributed by atoms with Crippen LogP contribution in [-0.4, -0.2) is 31.2 Å². The number of benzene rings is 2. The zero-order valence-corrected chi connectivity index (χ0v) is 16.0. The van der Waals surface area contributed by atoms with Crippen molar-refractivity contribution < 1.29 is 9.42 Å². The lowest BCUT2D eigenvalue weighted by Crippen LogP contribution is -2.10. The van der Waals surface area contributed by atoms with Crippen LogP contribution in [0.2, 0.25) is 0 Å². The van der Waals surface area contributed by atoms with Gasteiger partial charge < -0.3 is 10.7 Å². The molecule has 0 aliphatic carbocycles. The molecule has 0 aliphatic rings. The quantitative estimate of drug-likeness (QED) is 0.477. The lowest BCUT2D eigenvalue weighted by atomic mass is 10.1. The van der Waals surface area contributed by atoms with Crippen molar-refractivity contribution in [2.24, 2.45) is 5.73 Å². The van der Waals surface area contributed by atoms with Crippen molar-refractivity contribution in [1.29, 1.82) is 0 Å². The maximum absolute atomic E-state index is 11.4. The van der Waals surface area contributed by atoms with Gasteiger partial charge in [-0.05, 0) is 53.6 Å². The SMILES string of the molecule is Cc1cccc(-c2[nH]c(-c3ccc(C(N)=O)cc3)nc2-c2ccc3nonc3c2)n1. The molecule has 1 amide bonds. The highest BCUT2D eigenvalue weighted by Crippen LogP contribution is 2.33. The lowest BCUT2D eigenvalue weighted by molar-refractivity contribution is 0.100. The van der Waals surface area contributed by atoms with E-state index in [1.807, 2.05) is 43.3 Å². The number of aromatic nitrogens is 5. The maximum atomic E-state index is 11.4. The summed E-state index contributed by atoms with van der Waals surface area (Å²) in [6.07, 6.45) is 0. The predicted molar refractivity (Wildman–Crippen MR) is 111 cm³/mol. The fourth-order valence-electron chi connectivity index (χ4n) is 3.31. The fraction of sp³-hybridized carbons (Fsp3) is 0.0455. The minimum atomic E-state index is -0.471. The molecular formula is C22H16N6O2. The summed E-state index contributed by atoms with van der Waals surface area (Å²) in [6, 6.07) is 18.4. The second kappa shape index (κ2) is 6.93. The monoisotopic (exact) mass is 396 g/mol. The molecule has 2 aromatic carbocycles. The number of hydrogen-bond donors (Lipinski definition) is 2. The molecule has 8 heteroatoms. The third-order valence-electron chi connectivity index (χ3n) is 4.82. The summed E-state index contributed by atoms with van der Waals surface area (Å²) in [4.78, 5) is 24.2. The Labute approximate surface area is 170 Å². The number of carbonyl (C=O) groups is 1. The van der Waals surface area contributed by atoms with E-state index in [0.29, 0.717) is 22.4 Å². The Kier molecular flexibility index (Phi) is 4.10. The molecule has 0 atom stereocenters. The van der Waals surface area contributed by atoms with Crippen LogP contribution in [0.3, 0.4) is 0 Å². The van der Waals surface area contributed by atoms with Crippen LogP contribution in [0.25, 0.3) is 45.1 Å². The third kappa shape index (κ3) is 3.10. The highest BCUT2D eigenvalue weighted by Gasteiger charge is 2.17. The number of fused-ring (bicyclic) bond motifs is 1. The molecule has 0 bridgehead atoms. The first-order valence-electron chi connectivity index (χ1n) is 9.25. The number of pyridine rings is 1. The summed E-state index contributed by atoms with van der Waals surface area (Å²) in [5.74, 6) is 0.179. The van der Waals surface area contributed by atoms with Crippen LogP contribution in [0.1, 0.15) is 16.1 Å². The molecule has 0 fully saturated rings. The van der Waals surface area contributed by atoms with E-state index >= 15 is 0 Å². The number of carbonyl (C=O) groups excluding carboxylic acids is 1.